The van der Waals surface area contributed by atoms with Gasteiger partial charge in [0.15, 0.2) is 0 Å². The van der Waals surface area contributed by atoms with Gasteiger partial charge in [0.25, 0.3) is 0 Å². The molecule has 0 unspecified atom stereocenters. The average Bonchev–Trinajstić information content (AvgIpc) is 2.40. The lowest BCUT2D eigenvalue weighted by molar-refractivity contribution is -0.138. The summed E-state index contributed by atoms with van der Waals surface area (Å²) in [6.07, 6.45) is 8.18. The highest BCUT2D eigenvalue weighted by atomic mass is 32.2. The minimum atomic E-state index is -0.923. The number of carboxylic acids is 1. The zero-order valence-electron chi connectivity index (χ0n) is 10.6. The van der Waals surface area contributed by atoms with Gasteiger partial charge in [-0.25, -0.2) is 9.97 Å². The van der Waals surface area contributed by atoms with E-state index in [4.69, 9.17) is 0 Å². The molecule has 0 amide bonds. The topological polar surface area (TPSA) is 76.0 Å². The van der Waals surface area contributed by atoms with Gasteiger partial charge in [-0.1, -0.05) is 0 Å². The first kappa shape index (κ1) is 13.5. The molecule has 5 nitrogen and oxygen atoms in total. The highest BCUT2D eigenvalue weighted by molar-refractivity contribution is 8.01. The van der Waals surface area contributed by atoms with Crippen molar-refractivity contribution in [3.63, 3.8) is 0 Å². The van der Waals surface area contributed by atoms with E-state index in [1.165, 1.54) is 18.1 Å². The maximum atomic E-state index is 11.2. The van der Waals surface area contributed by atoms with Crippen LogP contribution in [0.3, 0.4) is 0 Å². The smallest absolute Gasteiger partial charge is 0.319 e. The molecule has 0 aliphatic rings. The van der Waals surface area contributed by atoms with Gasteiger partial charge < -0.3 is 5.11 Å². The van der Waals surface area contributed by atoms with Crippen LogP contribution >= 0.6 is 11.8 Å². The summed E-state index contributed by atoms with van der Waals surface area (Å²) in [5, 5.41) is 9.20. The zero-order chi connectivity index (χ0) is 13.9. The second-order valence-electron chi connectivity index (χ2n) is 4.42. The standard InChI is InChI=1S/C13H13N3O2S/c1-13(2,12(17)18)19-11-7-14-4-3-10(11)9-5-15-8-16-6-9/h3-8H,1-2H3,(H,17,18). The molecule has 0 aliphatic heterocycles. The van der Waals surface area contributed by atoms with Crippen molar-refractivity contribution in [3.8, 4) is 11.1 Å². The Hall–Kier alpha value is -1.95. The largest absolute Gasteiger partial charge is 0.480 e. The molecule has 0 fully saturated rings. The van der Waals surface area contributed by atoms with Crippen LogP contribution in [0, 0.1) is 0 Å². The Morgan fingerprint density at radius 2 is 1.89 bits per heavy atom. The molecule has 0 aromatic carbocycles. The van der Waals surface area contributed by atoms with Crippen molar-refractivity contribution < 1.29 is 9.90 Å². The van der Waals surface area contributed by atoms with Gasteiger partial charge in [-0.05, 0) is 19.9 Å². The lowest BCUT2D eigenvalue weighted by Gasteiger charge is -2.19. The van der Waals surface area contributed by atoms with Gasteiger partial charge in [-0.2, -0.15) is 0 Å². The molecule has 6 heteroatoms. The lowest BCUT2D eigenvalue weighted by atomic mass is 10.1. The molecular weight excluding hydrogens is 262 g/mol. The van der Waals surface area contributed by atoms with E-state index in [2.05, 4.69) is 15.0 Å². The SMILES string of the molecule is CC(C)(Sc1cnccc1-c1cncnc1)C(=O)O. The van der Waals surface area contributed by atoms with E-state index in [0.717, 1.165) is 16.0 Å². The molecule has 2 rings (SSSR count). The Balaban J connectivity index is 2.40. The van der Waals surface area contributed by atoms with Crippen molar-refractivity contribution in [2.75, 3.05) is 0 Å². The van der Waals surface area contributed by atoms with Crippen LogP contribution < -0.4 is 0 Å². The Bertz CT molecular complexity index is 587. The summed E-state index contributed by atoms with van der Waals surface area (Å²) in [5.41, 5.74) is 1.73. The van der Waals surface area contributed by atoms with Crippen molar-refractivity contribution in [1.82, 2.24) is 15.0 Å². The molecule has 0 spiro atoms. The highest BCUT2D eigenvalue weighted by Crippen LogP contribution is 2.37. The van der Waals surface area contributed by atoms with E-state index in [9.17, 15) is 9.90 Å². The second kappa shape index (κ2) is 5.36. The molecule has 2 heterocycles. The van der Waals surface area contributed by atoms with Gasteiger partial charge >= 0.3 is 5.97 Å². The van der Waals surface area contributed by atoms with E-state index < -0.39 is 10.7 Å². The maximum Gasteiger partial charge on any atom is 0.319 e. The number of aromatic nitrogens is 3. The van der Waals surface area contributed by atoms with Crippen LogP contribution in [0.1, 0.15) is 13.8 Å². The fraction of sp³-hybridized carbons (Fsp3) is 0.231. The van der Waals surface area contributed by atoms with E-state index >= 15 is 0 Å². The zero-order valence-corrected chi connectivity index (χ0v) is 11.4. The Morgan fingerprint density at radius 3 is 2.53 bits per heavy atom. The van der Waals surface area contributed by atoms with Crippen molar-refractivity contribution in [1.29, 1.82) is 0 Å². The number of hydrogen-bond acceptors (Lipinski definition) is 5. The van der Waals surface area contributed by atoms with E-state index in [1.54, 1.807) is 38.6 Å². The fourth-order valence-corrected chi connectivity index (χ4v) is 2.50. The van der Waals surface area contributed by atoms with Crippen LogP contribution in [-0.2, 0) is 4.79 Å². The lowest BCUT2D eigenvalue weighted by Crippen LogP contribution is -2.27. The number of hydrogen-bond donors (Lipinski definition) is 1. The Labute approximate surface area is 115 Å². The minimum absolute atomic E-state index is 0.796. The number of carbonyl (C=O) groups is 1. The first-order chi connectivity index (χ1) is 9.00. The molecule has 98 valence electrons. The number of carboxylic acid groups (broad SMARTS) is 1. The molecule has 2 aromatic heterocycles. The molecule has 0 saturated heterocycles. The minimum Gasteiger partial charge on any atom is -0.480 e. The predicted molar refractivity (Wildman–Crippen MR) is 72.8 cm³/mol. The maximum absolute atomic E-state index is 11.2. The summed E-state index contributed by atoms with van der Waals surface area (Å²) in [6.45, 7) is 3.33. The highest BCUT2D eigenvalue weighted by Gasteiger charge is 2.29. The van der Waals surface area contributed by atoms with Crippen LogP contribution in [0.2, 0.25) is 0 Å². The molecular formula is C13H13N3O2S. The number of aliphatic carboxylic acids is 1. The number of thioether (sulfide) groups is 1. The summed E-state index contributed by atoms with van der Waals surface area (Å²) in [5.74, 6) is -0.864. The van der Waals surface area contributed by atoms with Crippen LogP contribution in [0.5, 0.6) is 0 Å². The molecule has 0 bridgehead atoms. The van der Waals surface area contributed by atoms with Gasteiger partial charge in [-0.15, -0.1) is 11.8 Å². The molecule has 1 N–H and O–H groups in total. The van der Waals surface area contributed by atoms with E-state index in [0.29, 0.717) is 0 Å². The Kier molecular flexibility index (Phi) is 3.80. The second-order valence-corrected chi connectivity index (χ2v) is 6.08. The summed E-state index contributed by atoms with van der Waals surface area (Å²) >= 11 is 1.26. The monoisotopic (exact) mass is 275 g/mol. The number of nitrogens with zero attached hydrogens (tertiary/aromatic N) is 3. The molecule has 0 aliphatic carbocycles. The molecule has 0 radical (unpaired) electrons. The number of rotatable bonds is 4. The van der Waals surface area contributed by atoms with Gasteiger partial charge in [-0.3, -0.25) is 9.78 Å². The van der Waals surface area contributed by atoms with Crippen molar-refractivity contribution in [2.24, 2.45) is 0 Å². The quantitative estimate of drug-likeness (QED) is 0.864. The van der Waals surface area contributed by atoms with E-state index in [-0.39, 0.29) is 0 Å². The third-order valence-electron chi connectivity index (χ3n) is 2.54. The van der Waals surface area contributed by atoms with Gasteiger partial charge in [0.1, 0.15) is 11.1 Å². The van der Waals surface area contributed by atoms with Crippen LogP contribution in [0.25, 0.3) is 11.1 Å². The summed E-state index contributed by atoms with van der Waals surface area (Å²) < 4.78 is -0.923. The van der Waals surface area contributed by atoms with E-state index in [1.807, 2.05) is 6.07 Å². The first-order valence-corrected chi connectivity index (χ1v) is 6.44. The molecule has 0 saturated carbocycles. The first-order valence-electron chi connectivity index (χ1n) is 5.62. The summed E-state index contributed by atoms with van der Waals surface area (Å²) in [4.78, 5) is 24.0. The number of pyridine rings is 1. The summed E-state index contributed by atoms with van der Waals surface area (Å²) in [7, 11) is 0. The predicted octanol–water partition coefficient (Wildman–Crippen LogP) is 2.49. The van der Waals surface area contributed by atoms with Crippen LogP contribution in [0.4, 0.5) is 0 Å². The fourth-order valence-electron chi connectivity index (χ4n) is 1.46. The van der Waals surface area contributed by atoms with Crippen LogP contribution in [-0.4, -0.2) is 30.8 Å². The third-order valence-corrected chi connectivity index (χ3v) is 3.77. The molecule has 19 heavy (non-hydrogen) atoms. The summed E-state index contributed by atoms with van der Waals surface area (Å²) in [6, 6.07) is 1.83. The van der Waals surface area contributed by atoms with Crippen molar-refractivity contribution >= 4 is 17.7 Å². The average molecular weight is 275 g/mol. The molecule has 2 aromatic rings. The normalized spacial score (nSPS) is 11.3. The molecule has 0 atom stereocenters. The van der Waals surface area contributed by atoms with Crippen molar-refractivity contribution in [2.45, 2.75) is 23.5 Å². The van der Waals surface area contributed by atoms with Gasteiger partial charge in [0, 0.05) is 40.8 Å². The van der Waals surface area contributed by atoms with Crippen molar-refractivity contribution in [3.05, 3.63) is 37.2 Å². The van der Waals surface area contributed by atoms with Crippen LogP contribution in [0.15, 0.2) is 42.1 Å². The third kappa shape index (κ3) is 3.08. The van der Waals surface area contributed by atoms with Gasteiger partial charge in [0.05, 0.1) is 0 Å². The van der Waals surface area contributed by atoms with Gasteiger partial charge in [0.2, 0.25) is 0 Å². The Morgan fingerprint density at radius 1 is 1.21 bits per heavy atom.